The summed E-state index contributed by atoms with van der Waals surface area (Å²) in [6.07, 6.45) is 4.17. The molecule has 1 aliphatic heterocycles. The lowest BCUT2D eigenvalue weighted by Crippen LogP contribution is -2.45. The van der Waals surface area contributed by atoms with Crippen LogP contribution in [-0.4, -0.2) is 40.1 Å². The maximum atomic E-state index is 12.4. The number of nitrogens with zero attached hydrogens (tertiary/aromatic N) is 2. The predicted molar refractivity (Wildman–Crippen MR) is 69.4 cm³/mol. The quantitative estimate of drug-likeness (QED) is 0.848. The molecule has 18 heavy (non-hydrogen) atoms. The highest BCUT2D eigenvalue weighted by molar-refractivity contribution is 6.33. The largest absolute Gasteiger partial charge is 0.394 e. The van der Waals surface area contributed by atoms with Crippen molar-refractivity contribution in [2.75, 3.05) is 18.9 Å². The minimum absolute atomic E-state index is 0.0239. The number of carbonyl (C=O) groups is 1. The first kappa shape index (κ1) is 13.1. The smallest absolute Gasteiger partial charge is 0.255 e. The van der Waals surface area contributed by atoms with E-state index in [0.717, 1.165) is 19.3 Å². The molecule has 98 valence electrons. The fourth-order valence-electron chi connectivity index (χ4n) is 2.23. The number of halogens is 1. The van der Waals surface area contributed by atoms with Gasteiger partial charge in [-0.05, 0) is 25.3 Å². The van der Waals surface area contributed by atoms with Crippen molar-refractivity contribution in [3.63, 3.8) is 0 Å². The molecule has 1 aromatic heterocycles. The first-order chi connectivity index (χ1) is 8.63. The summed E-state index contributed by atoms with van der Waals surface area (Å²) >= 11 is 5.97. The molecule has 2 heterocycles. The zero-order valence-corrected chi connectivity index (χ0v) is 10.7. The Hall–Kier alpha value is -1.33. The van der Waals surface area contributed by atoms with E-state index in [1.807, 2.05) is 0 Å². The molecule has 0 aromatic carbocycles. The SMILES string of the molecule is Nc1cc(C(=O)N2CCCCC2CO)c(Cl)cn1. The predicted octanol–water partition coefficient (Wildman–Crippen LogP) is 1.30. The molecule has 0 spiro atoms. The molecular weight excluding hydrogens is 254 g/mol. The lowest BCUT2D eigenvalue weighted by atomic mass is 10.0. The van der Waals surface area contributed by atoms with Crippen LogP contribution in [0.25, 0.3) is 0 Å². The average molecular weight is 270 g/mol. The van der Waals surface area contributed by atoms with E-state index in [0.29, 0.717) is 12.1 Å². The number of anilines is 1. The van der Waals surface area contributed by atoms with Crippen LogP contribution in [0.4, 0.5) is 5.82 Å². The number of amides is 1. The summed E-state index contributed by atoms with van der Waals surface area (Å²) in [5.74, 6) is 0.0770. The number of hydrogen-bond donors (Lipinski definition) is 2. The lowest BCUT2D eigenvalue weighted by Gasteiger charge is -2.34. The van der Waals surface area contributed by atoms with Gasteiger partial charge < -0.3 is 15.7 Å². The Balaban J connectivity index is 2.26. The molecule has 5 nitrogen and oxygen atoms in total. The van der Waals surface area contributed by atoms with Crippen LogP contribution in [0.3, 0.4) is 0 Å². The Morgan fingerprint density at radius 2 is 2.39 bits per heavy atom. The number of piperidine rings is 1. The number of aliphatic hydroxyl groups excluding tert-OH is 1. The van der Waals surface area contributed by atoms with Gasteiger partial charge in [-0.25, -0.2) is 4.98 Å². The van der Waals surface area contributed by atoms with Crippen molar-refractivity contribution in [3.05, 3.63) is 22.8 Å². The van der Waals surface area contributed by atoms with Gasteiger partial charge in [-0.3, -0.25) is 4.79 Å². The van der Waals surface area contributed by atoms with Crippen molar-refractivity contribution in [3.8, 4) is 0 Å². The molecule has 1 saturated heterocycles. The number of aromatic nitrogens is 1. The normalized spacial score (nSPS) is 19.9. The molecule has 2 rings (SSSR count). The Bertz CT molecular complexity index is 453. The summed E-state index contributed by atoms with van der Waals surface area (Å²) in [5, 5.41) is 9.61. The van der Waals surface area contributed by atoms with Gasteiger partial charge in [0.2, 0.25) is 0 Å². The van der Waals surface area contributed by atoms with Crippen molar-refractivity contribution in [2.45, 2.75) is 25.3 Å². The highest BCUT2D eigenvalue weighted by atomic mass is 35.5. The summed E-state index contributed by atoms with van der Waals surface area (Å²) in [5.41, 5.74) is 5.92. The second kappa shape index (κ2) is 5.54. The second-order valence-electron chi connectivity index (χ2n) is 4.42. The number of likely N-dealkylation sites (tertiary alicyclic amines) is 1. The highest BCUT2D eigenvalue weighted by Crippen LogP contribution is 2.23. The minimum atomic E-state index is -0.187. The Morgan fingerprint density at radius 3 is 3.11 bits per heavy atom. The summed E-state index contributed by atoms with van der Waals surface area (Å²) < 4.78 is 0. The Morgan fingerprint density at radius 1 is 1.61 bits per heavy atom. The number of hydrogen-bond acceptors (Lipinski definition) is 4. The number of rotatable bonds is 2. The number of nitrogen functional groups attached to an aromatic ring is 1. The number of carbonyl (C=O) groups excluding carboxylic acids is 1. The summed E-state index contributed by atoms with van der Waals surface area (Å²) in [7, 11) is 0. The van der Waals surface area contributed by atoms with Crippen molar-refractivity contribution < 1.29 is 9.90 Å². The van der Waals surface area contributed by atoms with Crippen LogP contribution in [0.1, 0.15) is 29.6 Å². The molecule has 1 atom stereocenters. The van der Waals surface area contributed by atoms with E-state index in [-0.39, 0.29) is 29.4 Å². The van der Waals surface area contributed by atoms with Crippen LogP contribution < -0.4 is 5.73 Å². The van der Waals surface area contributed by atoms with E-state index in [9.17, 15) is 9.90 Å². The standard InChI is InChI=1S/C12H16ClN3O2/c13-10-6-15-11(14)5-9(10)12(18)16-4-2-1-3-8(16)7-17/h5-6,8,17H,1-4,7H2,(H2,14,15). The second-order valence-corrected chi connectivity index (χ2v) is 4.83. The third-order valence-electron chi connectivity index (χ3n) is 3.21. The van der Waals surface area contributed by atoms with E-state index >= 15 is 0 Å². The molecule has 0 aliphatic carbocycles. The van der Waals surface area contributed by atoms with E-state index in [1.165, 1.54) is 12.3 Å². The van der Waals surface area contributed by atoms with Gasteiger partial charge in [0, 0.05) is 12.7 Å². The molecular formula is C12H16ClN3O2. The molecule has 6 heteroatoms. The molecule has 3 N–H and O–H groups in total. The number of pyridine rings is 1. The number of aliphatic hydroxyl groups is 1. The van der Waals surface area contributed by atoms with Crippen molar-refractivity contribution >= 4 is 23.3 Å². The summed E-state index contributed by atoms with van der Waals surface area (Å²) in [4.78, 5) is 17.9. The van der Waals surface area contributed by atoms with Gasteiger partial charge in [0.1, 0.15) is 5.82 Å². The van der Waals surface area contributed by atoms with Crippen LogP contribution >= 0.6 is 11.6 Å². The van der Waals surface area contributed by atoms with Crippen LogP contribution in [0, 0.1) is 0 Å². The van der Waals surface area contributed by atoms with E-state index in [4.69, 9.17) is 17.3 Å². The van der Waals surface area contributed by atoms with E-state index in [1.54, 1.807) is 4.90 Å². The average Bonchev–Trinajstić information content (AvgIpc) is 2.40. The molecule has 1 aliphatic rings. The molecule has 0 bridgehead atoms. The fraction of sp³-hybridized carbons (Fsp3) is 0.500. The zero-order valence-electron chi connectivity index (χ0n) is 9.97. The van der Waals surface area contributed by atoms with Gasteiger partial charge in [-0.2, -0.15) is 0 Å². The maximum Gasteiger partial charge on any atom is 0.255 e. The zero-order chi connectivity index (χ0) is 13.1. The van der Waals surface area contributed by atoms with Crippen LogP contribution in [0.5, 0.6) is 0 Å². The maximum absolute atomic E-state index is 12.4. The third kappa shape index (κ3) is 2.57. The van der Waals surface area contributed by atoms with Gasteiger partial charge in [0.25, 0.3) is 5.91 Å². The van der Waals surface area contributed by atoms with Crippen molar-refractivity contribution in [1.29, 1.82) is 0 Å². The van der Waals surface area contributed by atoms with E-state index < -0.39 is 0 Å². The molecule has 1 aromatic rings. The van der Waals surface area contributed by atoms with Gasteiger partial charge in [0.05, 0.1) is 23.2 Å². The Kier molecular flexibility index (Phi) is 4.04. The first-order valence-electron chi connectivity index (χ1n) is 5.96. The number of nitrogens with two attached hydrogens (primary N) is 1. The summed E-state index contributed by atoms with van der Waals surface area (Å²) in [6.45, 7) is 0.618. The minimum Gasteiger partial charge on any atom is -0.394 e. The molecule has 1 fully saturated rings. The monoisotopic (exact) mass is 269 g/mol. The lowest BCUT2D eigenvalue weighted by molar-refractivity contribution is 0.0503. The Labute approximate surface area is 111 Å². The third-order valence-corrected chi connectivity index (χ3v) is 3.51. The fourth-order valence-corrected chi connectivity index (χ4v) is 2.42. The topological polar surface area (TPSA) is 79.5 Å². The first-order valence-corrected chi connectivity index (χ1v) is 6.34. The van der Waals surface area contributed by atoms with Gasteiger partial charge in [0.15, 0.2) is 0 Å². The summed E-state index contributed by atoms with van der Waals surface area (Å²) in [6, 6.07) is 1.35. The molecule has 1 unspecified atom stereocenters. The molecule has 0 saturated carbocycles. The highest BCUT2D eigenvalue weighted by Gasteiger charge is 2.28. The molecule has 1 amide bonds. The van der Waals surface area contributed by atoms with Crippen molar-refractivity contribution in [2.24, 2.45) is 0 Å². The van der Waals surface area contributed by atoms with Crippen molar-refractivity contribution in [1.82, 2.24) is 9.88 Å². The van der Waals surface area contributed by atoms with Gasteiger partial charge in [-0.15, -0.1) is 0 Å². The van der Waals surface area contributed by atoms with Gasteiger partial charge in [-0.1, -0.05) is 11.6 Å². The van der Waals surface area contributed by atoms with E-state index in [2.05, 4.69) is 4.98 Å². The van der Waals surface area contributed by atoms with Crippen LogP contribution in [-0.2, 0) is 0 Å². The van der Waals surface area contributed by atoms with Gasteiger partial charge >= 0.3 is 0 Å². The molecule has 0 radical (unpaired) electrons. The van der Waals surface area contributed by atoms with Crippen LogP contribution in [0.2, 0.25) is 5.02 Å². The van der Waals surface area contributed by atoms with Crippen LogP contribution in [0.15, 0.2) is 12.3 Å².